The third-order valence-electron chi connectivity index (χ3n) is 4.76. The Bertz CT molecular complexity index is 725. The maximum absolute atomic E-state index is 12.7. The van der Waals surface area contributed by atoms with E-state index in [1.54, 1.807) is 6.20 Å². The third kappa shape index (κ3) is 3.96. The van der Waals surface area contributed by atoms with Gasteiger partial charge in [0, 0.05) is 31.2 Å². The van der Waals surface area contributed by atoms with Gasteiger partial charge in [-0.3, -0.25) is 9.69 Å². The number of carbonyl (C=O) groups is 1. The number of ether oxygens (including phenoxy) is 2. The van der Waals surface area contributed by atoms with Crippen molar-refractivity contribution in [2.45, 2.75) is 18.8 Å². The van der Waals surface area contributed by atoms with E-state index < -0.39 is 5.79 Å². The summed E-state index contributed by atoms with van der Waals surface area (Å²) in [7, 11) is 0. The van der Waals surface area contributed by atoms with Gasteiger partial charge in [0.25, 0.3) is 5.91 Å². The highest BCUT2D eigenvalue weighted by atomic mass is 32.1. The second-order valence-electron chi connectivity index (χ2n) is 6.72. The zero-order chi connectivity index (χ0) is 17.8. The Labute approximate surface area is 157 Å². The maximum Gasteiger partial charge on any atom is 0.283 e. The molecule has 2 aliphatic rings. The zero-order valence-electron chi connectivity index (χ0n) is 14.7. The van der Waals surface area contributed by atoms with E-state index in [2.05, 4.69) is 34.1 Å². The van der Waals surface area contributed by atoms with Crippen LogP contribution in [0.1, 0.15) is 21.8 Å². The predicted molar refractivity (Wildman–Crippen MR) is 99.0 cm³/mol. The minimum Gasteiger partial charge on any atom is -0.347 e. The average molecular weight is 373 g/mol. The number of amides is 1. The van der Waals surface area contributed by atoms with E-state index in [9.17, 15) is 4.79 Å². The van der Waals surface area contributed by atoms with Crippen molar-refractivity contribution in [2.24, 2.45) is 0 Å². The van der Waals surface area contributed by atoms with E-state index >= 15 is 0 Å². The number of aromatic nitrogens is 1. The molecule has 1 spiro atoms. The van der Waals surface area contributed by atoms with Crippen molar-refractivity contribution in [1.29, 1.82) is 0 Å². The Morgan fingerprint density at radius 1 is 1.15 bits per heavy atom. The molecule has 0 aliphatic carbocycles. The number of rotatable bonds is 3. The number of hydrogen-bond acceptors (Lipinski definition) is 6. The first-order valence-electron chi connectivity index (χ1n) is 8.97. The molecule has 1 unspecified atom stereocenters. The summed E-state index contributed by atoms with van der Waals surface area (Å²) in [5.74, 6) is -0.790. The SMILES string of the molecule is O=C(c1nccs1)N1CCOC2(CN(Cc3ccccc3)CCCO2)C1. The van der Waals surface area contributed by atoms with E-state index in [4.69, 9.17) is 9.47 Å². The van der Waals surface area contributed by atoms with Crippen LogP contribution in [0.15, 0.2) is 41.9 Å². The molecule has 0 N–H and O–H groups in total. The van der Waals surface area contributed by atoms with Gasteiger partial charge in [-0.25, -0.2) is 4.98 Å². The monoisotopic (exact) mass is 373 g/mol. The topological polar surface area (TPSA) is 54.9 Å². The van der Waals surface area contributed by atoms with Crippen molar-refractivity contribution in [1.82, 2.24) is 14.8 Å². The summed E-state index contributed by atoms with van der Waals surface area (Å²) in [4.78, 5) is 21.0. The first kappa shape index (κ1) is 17.6. The summed E-state index contributed by atoms with van der Waals surface area (Å²) in [6.07, 6.45) is 2.62. The van der Waals surface area contributed by atoms with Gasteiger partial charge in [-0.1, -0.05) is 30.3 Å². The molecule has 1 atom stereocenters. The molecule has 1 aromatic carbocycles. The normalized spacial score (nSPS) is 24.5. The van der Waals surface area contributed by atoms with E-state index in [0.717, 1.165) is 19.5 Å². The fourth-order valence-corrected chi connectivity index (χ4v) is 4.17. The molecule has 26 heavy (non-hydrogen) atoms. The summed E-state index contributed by atoms with van der Waals surface area (Å²) in [6, 6.07) is 10.4. The number of hydrogen-bond donors (Lipinski definition) is 0. The fraction of sp³-hybridized carbons (Fsp3) is 0.474. The van der Waals surface area contributed by atoms with Crippen LogP contribution < -0.4 is 0 Å². The molecule has 2 saturated heterocycles. The van der Waals surface area contributed by atoms with Gasteiger partial charge >= 0.3 is 0 Å². The molecule has 2 aromatic rings. The molecule has 2 fully saturated rings. The largest absolute Gasteiger partial charge is 0.347 e. The first-order chi connectivity index (χ1) is 12.7. The molecule has 6 nitrogen and oxygen atoms in total. The fourth-order valence-electron chi connectivity index (χ4n) is 3.57. The number of morpholine rings is 1. The summed E-state index contributed by atoms with van der Waals surface area (Å²) in [5, 5.41) is 2.35. The van der Waals surface area contributed by atoms with Crippen LogP contribution in [-0.4, -0.2) is 65.9 Å². The molecule has 1 aromatic heterocycles. The second kappa shape index (κ2) is 7.84. The summed E-state index contributed by atoms with van der Waals surface area (Å²) >= 11 is 1.37. The lowest BCUT2D eigenvalue weighted by Crippen LogP contribution is -2.59. The van der Waals surface area contributed by atoms with E-state index in [1.807, 2.05) is 16.3 Å². The van der Waals surface area contributed by atoms with Crippen LogP contribution in [0, 0.1) is 0 Å². The first-order valence-corrected chi connectivity index (χ1v) is 9.85. The molecule has 138 valence electrons. The molecular formula is C19H23N3O3S. The van der Waals surface area contributed by atoms with Crippen LogP contribution in [0.3, 0.4) is 0 Å². The molecule has 4 rings (SSSR count). The van der Waals surface area contributed by atoms with Crippen molar-refractivity contribution in [3.63, 3.8) is 0 Å². The van der Waals surface area contributed by atoms with Crippen molar-refractivity contribution in [3.8, 4) is 0 Å². The number of carbonyl (C=O) groups excluding carboxylic acids is 1. The number of benzene rings is 1. The molecule has 3 heterocycles. The van der Waals surface area contributed by atoms with E-state index in [-0.39, 0.29) is 5.91 Å². The van der Waals surface area contributed by atoms with E-state index in [0.29, 0.717) is 37.9 Å². The summed E-state index contributed by atoms with van der Waals surface area (Å²) in [6.45, 7) is 4.61. The van der Waals surface area contributed by atoms with Crippen molar-refractivity contribution in [3.05, 3.63) is 52.5 Å². The van der Waals surface area contributed by atoms with Crippen LogP contribution in [0.2, 0.25) is 0 Å². The standard InChI is InChI=1S/C19H23N3O3S/c23-18(17-20-7-12-26-17)22-9-11-25-19(15-22)14-21(8-4-10-24-19)13-16-5-2-1-3-6-16/h1-3,5-7,12H,4,8-11,13-15H2. The highest BCUT2D eigenvalue weighted by Gasteiger charge is 2.42. The zero-order valence-corrected chi connectivity index (χ0v) is 15.5. The maximum atomic E-state index is 12.7. The van der Waals surface area contributed by atoms with Gasteiger partial charge in [-0.2, -0.15) is 0 Å². The second-order valence-corrected chi connectivity index (χ2v) is 7.62. The van der Waals surface area contributed by atoms with Crippen molar-refractivity contribution in [2.75, 3.05) is 39.4 Å². The van der Waals surface area contributed by atoms with Crippen LogP contribution >= 0.6 is 11.3 Å². The third-order valence-corrected chi connectivity index (χ3v) is 5.52. The summed E-state index contributed by atoms with van der Waals surface area (Å²) < 4.78 is 12.2. The average Bonchev–Trinajstić information content (AvgIpc) is 3.14. The Hall–Kier alpha value is -1.80. The molecule has 7 heteroatoms. The summed E-state index contributed by atoms with van der Waals surface area (Å²) in [5.41, 5.74) is 1.27. The number of nitrogens with zero attached hydrogens (tertiary/aromatic N) is 3. The molecule has 0 saturated carbocycles. The van der Waals surface area contributed by atoms with Gasteiger partial charge in [-0.15, -0.1) is 11.3 Å². The van der Waals surface area contributed by atoms with Gasteiger partial charge in [0.1, 0.15) is 0 Å². The Morgan fingerprint density at radius 2 is 2.00 bits per heavy atom. The van der Waals surface area contributed by atoms with Crippen LogP contribution in [0.5, 0.6) is 0 Å². The van der Waals surface area contributed by atoms with Gasteiger partial charge in [0.2, 0.25) is 0 Å². The smallest absolute Gasteiger partial charge is 0.283 e. The highest BCUT2D eigenvalue weighted by molar-refractivity contribution is 7.11. The van der Waals surface area contributed by atoms with E-state index in [1.165, 1.54) is 16.9 Å². The lowest BCUT2D eigenvalue weighted by Gasteiger charge is -2.43. The lowest BCUT2D eigenvalue weighted by molar-refractivity contribution is -0.261. The van der Waals surface area contributed by atoms with Gasteiger partial charge in [0.15, 0.2) is 10.8 Å². The van der Waals surface area contributed by atoms with Crippen molar-refractivity contribution >= 4 is 17.2 Å². The lowest BCUT2D eigenvalue weighted by atomic mass is 10.1. The minimum atomic E-state index is -0.754. The van der Waals surface area contributed by atoms with Crippen molar-refractivity contribution < 1.29 is 14.3 Å². The molecule has 2 aliphatic heterocycles. The quantitative estimate of drug-likeness (QED) is 0.826. The Kier molecular flexibility index (Phi) is 5.31. The predicted octanol–water partition coefficient (Wildman–Crippen LogP) is 2.23. The van der Waals surface area contributed by atoms with Crippen LogP contribution in [-0.2, 0) is 16.0 Å². The van der Waals surface area contributed by atoms with Gasteiger partial charge in [-0.05, 0) is 12.0 Å². The van der Waals surface area contributed by atoms with Gasteiger partial charge in [0.05, 0.1) is 26.3 Å². The Balaban J connectivity index is 1.47. The Morgan fingerprint density at radius 3 is 2.81 bits per heavy atom. The minimum absolute atomic E-state index is 0.0369. The molecule has 1 amide bonds. The van der Waals surface area contributed by atoms with Gasteiger partial charge < -0.3 is 14.4 Å². The molecule has 0 radical (unpaired) electrons. The highest BCUT2D eigenvalue weighted by Crippen LogP contribution is 2.26. The van der Waals surface area contributed by atoms with Crippen LogP contribution in [0.4, 0.5) is 0 Å². The molecular weight excluding hydrogens is 350 g/mol. The number of thiazole rings is 1. The molecule has 0 bridgehead atoms. The van der Waals surface area contributed by atoms with Crippen LogP contribution in [0.25, 0.3) is 0 Å².